The maximum Gasteiger partial charge on any atom is 0.407 e. The first-order chi connectivity index (χ1) is 16.2. The van der Waals surface area contributed by atoms with E-state index >= 15 is 0 Å². The van der Waals surface area contributed by atoms with Crippen molar-refractivity contribution in [1.82, 2.24) is 10.6 Å². The summed E-state index contributed by atoms with van der Waals surface area (Å²) >= 11 is 0. The van der Waals surface area contributed by atoms with E-state index in [1.165, 1.54) is 0 Å². The molecular formula is C27H34N2O5. The van der Waals surface area contributed by atoms with Gasteiger partial charge in [-0.05, 0) is 41.5 Å². The van der Waals surface area contributed by atoms with Crippen LogP contribution in [0.25, 0.3) is 11.1 Å². The summed E-state index contributed by atoms with van der Waals surface area (Å²) in [5.74, 6) is -1.73. The lowest BCUT2D eigenvalue weighted by atomic mass is 9.85. The Balaban J connectivity index is 1.61. The number of alkyl carbamates (subject to hydrolysis) is 1. The van der Waals surface area contributed by atoms with E-state index in [2.05, 4.69) is 34.9 Å². The van der Waals surface area contributed by atoms with E-state index in [-0.39, 0.29) is 25.0 Å². The molecule has 1 aliphatic rings. The minimum absolute atomic E-state index is 0.0405. The third-order valence-electron chi connectivity index (χ3n) is 7.06. The van der Waals surface area contributed by atoms with Crippen molar-refractivity contribution in [1.29, 1.82) is 0 Å². The molecule has 0 heterocycles. The van der Waals surface area contributed by atoms with Gasteiger partial charge >= 0.3 is 12.1 Å². The maximum absolute atomic E-state index is 12.9. The van der Waals surface area contributed by atoms with Gasteiger partial charge in [0.05, 0.1) is 5.41 Å². The van der Waals surface area contributed by atoms with Crippen LogP contribution in [0.1, 0.15) is 57.6 Å². The lowest BCUT2D eigenvalue weighted by Gasteiger charge is -2.30. The summed E-state index contributed by atoms with van der Waals surface area (Å²) in [4.78, 5) is 37.1. The Morgan fingerprint density at radius 1 is 1.03 bits per heavy atom. The molecule has 0 bridgehead atoms. The van der Waals surface area contributed by atoms with Gasteiger partial charge in [0, 0.05) is 12.5 Å². The van der Waals surface area contributed by atoms with Gasteiger partial charge in [0.2, 0.25) is 5.91 Å². The molecule has 0 spiro atoms. The van der Waals surface area contributed by atoms with Crippen LogP contribution in [0.4, 0.5) is 4.79 Å². The highest BCUT2D eigenvalue weighted by atomic mass is 16.5. The number of fused-ring (bicyclic) bond motifs is 3. The molecule has 34 heavy (non-hydrogen) atoms. The standard InChI is InChI=1S/C27H34N2O5/c1-5-17(3)23(24(30)31)29-25(32)27(4,6-2)16-28-26(33)34-15-22-20-13-9-7-11-18(20)19-12-8-10-14-21(19)22/h7-14,17,22-23H,5-6,15-16H2,1-4H3,(H,28,33)(H,29,32)(H,30,31)/t17?,23-,27?/m0/s1. The number of aliphatic carboxylic acids is 1. The highest BCUT2D eigenvalue weighted by Gasteiger charge is 2.36. The molecule has 0 saturated carbocycles. The molecule has 182 valence electrons. The molecule has 7 nitrogen and oxygen atoms in total. The average Bonchev–Trinajstić information content (AvgIpc) is 3.17. The number of nitrogens with one attached hydrogen (secondary N) is 2. The minimum Gasteiger partial charge on any atom is -0.480 e. The number of hydrogen-bond donors (Lipinski definition) is 3. The molecule has 7 heteroatoms. The van der Waals surface area contributed by atoms with Gasteiger partial charge < -0.3 is 20.5 Å². The van der Waals surface area contributed by atoms with Gasteiger partial charge in [-0.3, -0.25) is 4.79 Å². The largest absolute Gasteiger partial charge is 0.480 e. The van der Waals surface area contributed by atoms with Crippen LogP contribution in [0.15, 0.2) is 48.5 Å². The Morgan fingerprint density at radius 2 is 1.59 bits per heavy atom. The molecule has 2 unspecified atom stereocenters. The van der Waals surface area contributed by atoms with Crippen LogP contribution in [0, 0.1) is 11.3 Å². The van der Waals surface area contributed by atoms with Gasteiger partial charge in [-0.1, -0.05) is 75.7 Å². The topological polar surface area (TPSA) is 105 Å². The summed E-state index contributed by atoms with van der Waals surface area (Å²) in [6.45, 7) is 7.43. The fraction of sp³-hybridized carbons (Fsp3) is 0.444. The molecule has 0 saturated heterocycles. The Hall–Kier alpha value is -3.35. The first kappa shape index (κ1) is 25.3. The second-order valence-corrected chi connectivity index (χ2v) is 9.27. The zero-order valence-electron chi connectivity index (χ0n) is 20.3. The van der Waals surface area contributed by atoms with E-state index in [1.54, 1.807) is 13.8 Å². The molecule has 0 aliphatic heterocycles. The fourth-order valence-corrected chi connectivity index (χ4v) is 4.28. The summed E-state index contributed by atoms with van der Waals surface area (Å²) in [6, 6.07) is 15.2. The Bertz CT molecular complexity index is 1010. The molecule has 0 fully saturated rings. The first-order valence-electron chi connectivity index (χ1n) is 11.8. The van der Waals surface area contributed by atoms with Crippen molar-refractivity contribution < 1.29 is 24.2 Å². The zero-order chi connectivity index (χ0) is 24.9. The highest BCUT2D eigenvalue weighted by molar-refractivity contribution is 5.88. The highest BCUT2D eigenvalue weighted by Crippen LogP contribution is 2.44. The summed E-state index contributed by atoms with van der Waals surface area (Å²) in [7, 11) is 0. The number of benzene rings is 2. The van der Waals surface area contributed by atoms with Crippen LogP contribution in [0.5, 0.6) is 0 Å². The summed E-state index contributed by atoms with van der Waals surface area (Å²) in [5, 5.41) is 14.8. The Kier molecular flexibility index (Phi) is 7.97. The summed E-state index contributed by atoms with van der Waals surface area (Å²) < 4.78 is 5.56. The SMILES string of the molecule is CCC(C)[C@H](NC(=O)C(C)(CC)CNC(=O)OCC1c2ccccc2-c2ccccc21)C(=O)O. The monoisotopic (exact) mass is 466 g/mol. The van der Waals surface area contributed by atoms with E-state index in [9.17, 15) is 19.5 Å². The first-order valence-corrected chi connectivity index (χ1v) is 11.8. The lowest BCUT2D eigenvalue weighted by Crippen LogP contribution is -2.53. The predicted molar refractivity (Wildman–Crippen MR) is 130 cm³/mol. The second kappa shape index (κ2) is 10.7. The predicted octanol–water partition coefficient (Wildman–Crippen LogP) is 4.56. The number of carbonyl (C=O) groups is 3. The van der Waals surface area contributed by atoms with Crippen LogP contribution < -0.4 is 10.6 Å². The van der Waals surface area contributed by atoms with Gasteiger partial charge in [0.25, 0.3) is 0 Å². The molecule has 3 atom stereocenters. The van der Waals surface area contributed by atoms with Gasteiger partial charge in [-0.2, -0.15) is 0 Å². The number of carboxylic acid groups (broad SMARTS) is 1. The van der Waals surface area contributed by atoms with Crippen molar-refractivity contribution in [3.8, 4) is 11.1 Å². The fourth-order valence-electron chi connectivity index (χ4n) is 4.28. The van der Waals surface area contributed by atoms with Crippen molar-refractivity contribution >= 4 is 18.0 Å². The van der Waals surface area contributed by atoms with Gasteiger partial charge in [0.1, 0.15) is 12.6 Å². The number of rotatable bonds is 10. The van der Waals surface area contributed by atoms with Crippen molar-refractivity contribution in [2.24, 2.45) is 11.3 Å². The maximum atomic E-state index is 12.9. The number of ether oxygens (including phenoxy) is 1. The van der Waals surface area contributed by atoms with Crippen LogP contribution in [0.3, 0.4) is 0 Å². The van der Waals surface area contributed by atoms with Crippen LogP contribution in [-0.2, 0) is 14.3 Å². The third kappa shape index (κ3) is 5.24. The quantitative estimate of drug-likeness (QED) is 0.476. The van der Waals surface area contributed by atoms with E-state index < -0.39 is 29.4 Å². The lowest BCUT2D eigenvalue weighted by molar-refractivity contribution is -0.145. The van der Waals surface area contributed by atoms with Crippen LogP contribution in [0.2, 0.25) is 0 Å². The molecule has 0 radical (unpaired) electrons. The Labute approximate surface area is 200 Å². The minimum atomic E-state index is -1.06. The summed E-state index contributed by atoms with van der Waals surface area (Å²) in [6.07, 6.45) is 0.444. The molecule has 3 N–H and O–H groups in total. The molecular weight excluding hydrogens is 432 g/mol. The third-order valence-corrected chi connectivity index (χ3v) is 7.06. The zero-order valence-corrected chi connectivity index (χ0v) is 20.3. The van der Waals surface area contributed by atoms with Gasteiger partial charge in [0.15, 0.2) is 0 Å². The molecule has 0 aromatic heterocycles. The molecule has 2 aromatic rings. The van der Waals surface area contributed by atoms with Gasteiger partial charge in [-0.25, -0.2) is 9.59 Å². The number of hydrogen-bond acceptors (Lipinski definition) is 4. The van der Waals surface area contributed by atoms with Crippen LogP contribution in [-0.4, -0.2) is 42.3 Å². The van der Waals surface area contributed by atoms with Crippen molar-refractivity contribution in [3.63, 3.8) is 0 Å². The van der Waals surface area contributed by atoms with E-state index in [1.807, 2.05) is 38.1 Å². The summed E-state index contributed by atoms with van der Waals surface area (Å²) in [5.41, 5.74) is 3.58. The van der Waals surface area contributed by atoms with Crippen molar-refractivity contribution in [3.05, 3.63) is 59.7 Å². The normalized spacial score (nSPS) is 15.9. The molecule has 2 aromatic carbocycles. The second-order valence-electron chi connectivity index (χ2n) is 9.27. The van der Waals surface area contributed by atoms with Crippen molar-refractivity contribution in [2.45, 2.75) is 52.5 Å². The van der Waals surface area contributed by atoms with E-state index in [4.69, 9.17) is 4.74 Å². The molecule has 1 aliphatic carbocycles. The Morgan fingerprint density at radius 3 is 2.09 bits per heavy atom. The van der Waals surface area contributed by atoms with E-state index in [0.717, 1.165) is 22.3 Å². The number of carboxylic acids is 1. The van der Waals surface area contributed by atoms with Crippen molar-refractivity contribution in [2.75, 3.05) is 13.2 Å². The number of amides is 2. The number of carbonyl (C=O) groups excluding carboxylic acids is 2. The smallest absolute Gasteiger partial charge is 0.407 e. The van der Waals surface area contributed by atoms with E-state index in [0.29, 0.717) is 12.8 Å². The molecule has 2 amide bonds. The van der Waals surface area contributed by atoms with Gasteiger partial charge in [-0.15, -0.1) is 0 Å². The average molecular weight is 467 g/mol. The molecule has 3 rings (SSSR count). The van der Waals surface area contributed by atoms with Crippen LogP contribution >= 0.6 is 0 Å².